The van der Waals surface area contributed by atoms with Gasteiger partial charge in [0.15, 0.2) is 11.5 Å². The summed E-state index contributed by atoms with van der Waals surface area (Å²) >= 11 is 1.73. The summed E-state index contributed by atoms with van der Waals surface area (Å²) < 4.78 is 11.0. The average Bonchev–Trinajstić information content (AvgIpc) is 3.13. The highest BCUT2D eigenvalue weighted by Gasteiger charge is 2.33. The molecular formula is C20H24N2O3S. The maximum atomic E-state index is 12.9. The number of carbonyl (C=O) groups is 1. The van der Waals surface area contributed by atoms with Crippen molar-refractivity contribution in [2.75, 3.05) is 31.8 Å². The molecule has 6 heteroatoms. The number of amides is 2. The molecule has 0 aromatic heterocycles. The monoisotopic (exact) mass is 372 g/mol. The minimum absolute atomic E-state index is 0.104. The Morgan fingerprint density at radius 3 is 2.65 bits per heavy atom. The van der Waals surface area contributed by atoms with Crippen molar-refractivity contribution in [1.82, 2.24) is 4.90 Å². The summed E-state index contributed by atoms with van der Waals surface area (Å²) in [6.45, 7) is 4.79. The number of nitrogens with one attached hydrogen (secondary N) is 1. The first kappa shape index (κ1) is 18.5. The quantitative estimate of drug-likeness (QED) is 0.852. The fourth-order valence-electron chi connectivity index (χ4n) is 3.06. The number of nitrogens with zero attached hydrogens (tertiary/aromatic N) is 1. The van der Waals surface area contributed by atoms with Crippen LogP contribution in [-0.4, -0.2) is 37.4 Å². The number of ether oxygens (including phenoxy) is 2. The first-order valence-corrected chi connectivity index (χ1v) is 9.57. The van der Waals surface area contributed by atoms with Gasteiger partial charge in [-0.1, -0.05) is 18.2 Å². The molecule has 26 heavy (non-hydrogen) atoms. The lowest BCUT2D eigenvalue weighted by Crippen LogP contribution is -2.34. The van der Waals surface area contributed by atoms with Crippen LogP contribution in [0, 0.1) is 13.8 Å². The molecule has 0 aliphatic carbocycles. The highest BCUT2D eigenvalue weighted by Crippen LogP contribution is 2.45. The number of para-hydroxylation sites is 1. The normalized spacial score (nSPS) is 16.5. The van der Waals surface area contributed by atoms with Crippen LogP contribution >= 0.6 is 11.8 Å². The highest BCUT2D eigenvalue weighted by molar-refractivity contribution is 7.99. The van der Waals surface area contributed by atoms with E-state index in [0.29, 0.717) is 18.0 Å². The number of benzene rings is 2. The van der Waals surface area contributed by atoms with Crippen molar-refractivity contribution < 1.29 is 14.3 Å². The van der Waals surface area contributed by atoms with Gasteiger partial charge in [-0.15, -0.1) is 11.8 Å². The van der Waals surface area contributed by atoms with Crippen molar-refractivity contribution in [2.24, 2.45) is 0 Å². The zero-order chi connectivity index (χ0) is 18.7. The van der Waals surface area contributed by atoms with Crippen LogP contribution in [0.1, 0.15) is 22.1 Å². The van der Waals surface area contributed by atoms with Crippen molar-refractivity contribution in [3.8, 4) is 11.5 Å². The molecule has 2 amide bonds. The van der Waals surface area contributed by atoms with Crippen molar-refractivity contribution in [3.63, 3.8) is 0 Å². The number of hydrogen-bond acceptors (Lipinski definition) is 4. The molecule has 1 aliphatic rings. The summed E-state index contributed by atoms with van der Waals surface area (Å²) in [5.74, 6) is 2.23. The highest BCUT2D eigenvalue weighted by atomic mass is 32.2. The van der Waals surface area contributed by atoms with E-state index in [9.17, 15) is 4.79 Å². The minimum Gasteiger partial charge on any atom is -0.493 e. The largest absolute Gasteiger partial charge is 0.493 e. The molecule has 1 unspecified atom stereocenters. The summed E-state index contributed by atoms with van der Waals surface area (Å²) in [6.07, 6.45) is 0. The third-order valence-electron chi connectivity index (χ3n) is 4.61. The molecule has 0 saturated carbocycles. The second-order valence-corrected chi connectivity index (χ2v) is 7.42. The summed E-state index contributed by atoms with van der Waals surface area (Å²) in [5.41, 5.74) is 4.12. The molecule has 1 N–H and O–H groups in total. The number of methoxy groups -OCH3 is 2. The number of rotatable bonds is 4. The molecule has 3 rings (SSSR count). The summed E-state index contributed by atoms with van der Waals surface area (Å²) in [6, 6.07) is 11.6. The summed E-state index contributed by atoms with van der Waals surface area (Å²) in [5, 5.41) is 2.91. The van der Waals surface area contributed by atoms with Gasteiger partial charge in [0.25, 0.3) is 0 Å². The fraction of sp³-hybridized carbons (Fsp3) is 0.350. The van der Waals surface area contributed by atoms with E-state index in [-0.39, 0.29) is 11.4 Å². The van der Waals surface area contributed by atoms with Crippen LogP contribution in [0.25, 0.3) is 0 Å². The topological polar surface area (TPSA) is 50.8 Å². The minimum atomic E-state index is -0.105. The molecule has 0 bridgehead atoms. The maximum Gasteiger partial charge on any atom is 0.323 e. The number of aryl methyl sites for hydroxylation is 2. The lowest BCUT2D eigenvalue weighted by atomic mass is 10.1. The number of anilines is 1. The molecule has 2 aromatic rings. The van der Waals surface area contributed by atoms with Gasteiger partial charge < -0.3 is 19.7 Å². The van der Waals surface area contributed by atoms with Gasteiger partial charge in [0.1, 0.15) is 5.37 Å². The zero-order valence-corrected chi connectivity index (χ0v) is 16.4. The van der Waals surface area contributed by atoms with Crippen molar-refractivity contribution in [3.05, 3.63) is 53.1 Å². The van der Waals surface area contributed by atoms with Gasteiger partial charge in [-0.25, -0.2) is 4.79 Å². The fourth-order valence-corrected chi connectivity index (χ4v) is 4.33. The van der Waals surface area contributed by atoms with Gasteiger partial charge in [-0.3, -0.25) is 0 Å². The van der Waals surface area contributed by atoms with Gasteiger partial charge in [0, 0.05) is 23.5 Å². The number of carbonyl (C=O) groups excluding carboxylic acids is 1. The zero-order valence-electron chi connectivity index (χ0n) is 15.5. The van der Waals surface area contributed by atoms with E-state index in [4.69, 9.17) is 9.47 Å². The second kappa shape index (κ2) is 7.91. The van der Waals surface area contributed by atoms with E-state index in [1.54, 1.807) is 26.0 Å². The Hall–Kier alpha value is -2.34. The molecule has 5 nitrogen and oxygen atoms in total. The lowest BCUT2D eigenvalue weighted by molar-refractivity contribution is 0.213. The van der Waals surface area contributed by atoms with Crippen LogP contribution < -0.4 is 14.8 Å². The molecule has 1 atom stereocenters. The standard InChI is InChI=1S/C20H24N2O3S/c1-13-8-9-15(12-14(13)2)21-20(23)22-10-11-26-19(22)16-6-5-7-17(24-3)18(16)25-4/h5-9,12,19H,10-11H2,1-4H3,(H,21,23). The van der Waals surface area contributed by atoms with E-state index in [1.807, 2.05) is 48.2 Å². The van der Waals surface area contributed by atoms with Crippen LogP contribution in [-0.2, 0) is 0 Å². The van der Waals surface area contributed by atoms with Gasteiger partial charge in [-0.05, 0) is 43.2 Å². The van der Waals surface area contributed by atoms with Crippen LogP contribution in [0.5, 0.6) is 11.5 Å². The molecule has 138 valence electrons. The Kier molecular flexibility index (Phi) is 5.61. The maximum absolute atomic E-state index is 12.9. The molecule has 2 aromatic carbocycles. The van der Waals surface area contributed by atoms with Crippen LogP contribution in [0.15, 0.2) is 36.4 Å². The number of urea groups is 1. The SMILES string of the molecule is COc1cccc(C2SCCN2C(=O)Nc2ccc(C)c(C)c2)c1OC. The van der Waals surface area contributed by atoms with E-state index < -0.39 is 0 Å². The lowest BCUT2D eigenvalue weighted by Gasteiger charge is -2.26. The number of thioether (sulfide) groups is 1. The first-order valence-electron chi connectivity index (χ1n) is 8.52. The summed E-state index contributed by atoms with van der Waals surface area (Å²) in [4.78, 5) is 14.7. The van der Waals surface area contributed by atoms with E-state index >= 15 is 0 Å². The van der Waals surface area contributed by atoms with Crippen LogP contribution in [0.4, 0.5) is 10.5 Å². The van der Waals surface area contributed by atoms with Crippen LogP contribution in [0.3, 0.4) is 0 Å². The Bertz CT molecular complexity index is 810. The van der Waals surface area contributed by atoms with Gasteiger partial charge >= 0.3 is 6.03 Å². The van der Waals surface area contributed by atoms with Gasteiger partial charge in [0.2, 0.25) is 0 Å². The molecule has 0 spiro atoms. The van der Waals surface area contributed by atoms with Gasteiger partial charge in [0.05, 0.1) is 14.2 Å². The smallest absolute Gasteiger partial charge is 0.323 e. The Morgan fingerprint density at radius 2 is 1.96 bits per heavy atom. The van der Waals surface area contributed by atoms with Gasteiger partial charge in [-0.2, -0.15) is 0 Å². The Balaban J connectivity index is 1.84. The molecule has 1 heterocycles. The summed E-state index contributed by atoms with van der Waals surface area (Å²) in [7, 11) is 3.24. The predicted molar refractivity (Wildman–Crippen MR) is 106 cm³/mol. The van der Waals surface area contributed by atoms with Crippen molar-refractivity contribution >= 4 is 23.5 Å². The van der Waals surface area contributed by atoms with Crippen LogP contribution in [0.2, 0.25) is 0 Å². The second-order valence-electron chi connectivity index (χ2n) is 6.23. The molecule has 1 fully saturated rings. The third kappa shape index (κ3) is 3.60. The molecule has 1 saturated heterocycles. The van der Waals surface area contributed by atoms with Crippen molar-refractivity contribution in [1.29, 1.82) is 0 Å². The predicted octanol–water partition coefficient (Wildman–Crippen LogP) is 4.60. The van der Waals surface area contributed by atoms with E-state index in [0.717, 1.165) is 22.6 Å². The van der Waals surface area contributed by atoms with E-state index in [2.05, 4.69) is 12.2 Å². The first-order chi connectivity index (χ1) is 12.5. The molecular weight excluding hydrogens is 348 g/mol. The molecule has 0 radical (unpaired) electrons. The van der Waals surface area contributed by atoms with Crippen molar-refractivity contribution in [2.45, 2.75) is 19.2 Å². The molecule has 1 aliphatic heterocycles. The van der Waals surface area contributed by atoms with E-state index in [1.165, 1.54) is 5.56 Å². The number of hydrogen-bond donors (Lipinski definition) is 1. The third-order valence-corrected chi connectivity index (χ3v) is 5.85. The average molecular weight is 372 g/mol. The Morgan fingerprint density at radius 1 is 1.15 bits per heavy atom. The Labute approximate surface area is 158 Å².